The zero-order chi connectivity index (χ0) is 19.7. The van der Waals surface area contributed by atoms with E-state index in [2.05, 4.69) is 22.1 Å². The number of alkyl halides is 3. The van der Waals surface area contributed by atoms with Crippen LogP contribution in [0.15, 0.2) is 48.7 Å². The Bertz CT molecular complexity index is 947. The molecule has 0 amide bonds. The summed E-state index contributed by atoms with van der Waals surface area (Å²) in [4.78, 5) is 5.69. The molecule has 3 nitrogen and oxygen atoms in total. The van der Waals surface area contributed by atoms with Gasteiger partial charge in [-0.3, -0.25) is 4.90 Å². The quantitative estimate of drug-likeness (QED) is 0.634. The summed E-state index contributed by atoms with van der Waals surface area (Å²) in [5.41, 5.74) is 2.66. The predicted octanol–water partition coefficient (Wildman–Crippen LogP) is 5.40. The lowest BCUT2D eigenvalue weighted by molar-refractivity contribution is -0.137. The van der Waals surface area contributed by atoms with Gasteiger partial charge in [0.15, 0.2) is 0 Å². The van der Waals surface area contributed by atoms with Crippen LogP contribution in [0.5, 0.6) is 5.75 Å². The van der Waals surface area contributed by atoms with Gasteiger partial charge in [-0.15, -0.1) is 0 Å². The molecule has 1 aromatic heterocycles. The van der Waals surface area contributed by atoms with E-state index in [4.69, 9.17) is 4.74 Å². The van der Waals surface area contributed by atoms with E-state index in [1.54, 1.807) is 19.2 Å². The van der Waals surface area contributed by atoms with E-state index in [9.17, 15) is 13.2 Å². The first-order valence-electron chi connectivity index (χ1n) is 9.48. The topological polar surface area (TPSA) is 28.3 Å². The predicted molar refractivity (Wildman–Crippen MR) is 103 cm³/mol. The highest BCUT2D eigenvalue weighted by Crippen LogP contribution is 2.31. The molecule has 28 heavy (non-hydrogen) atoms. The third kappa shape index (κ3) is 3.87. The van der Waals surface area contributed by atoms with Crippen molar-refractivity contribution in [2.45, 2.75) is 38.0 Å². The Kier molecular flexibility index (Phi) is 5.06. The van der Waals surface area contributed by atoms with E-state index in [1.165, 1.54) is 23.1 Å². The van der Waals surface area contributed by atoms with Crippen molar-refractivity contribution in [3.63, 3.8) is 0 Å². The third-order valence-electron chi connectivity index (χ3n) is 5.60. The van der Waals surface area contributed by atoms with Crippen LogP contribution in [0.25, 0.3) is 10.9 Å². The number of aromatic nitrogens is 1. The lowest BCUT2D eigenvalue weighted by atomic mass is 10.0. The maximum atomic E-state index is 12.8. The van der Waals surface area contributed by atoms with E-state index in [-0.39, 0.29) is 0 Å². The summed E-state index contributed by atoms with van der Waals surface area (Å²) in [7, 11) is 1.66. The van der Waals surface area contributed by atoms with Crippen molar-refractivity contribution in [3.05, 3.63) is 65.4 Å². The Morgan fingerprint density at radius 3 is 2.64 bits per heavy atom. The molecule has 3 aromatic rings. The number of hydrogen-bond donors (Lipinski definition) is 1. The molecule has 0 spiro atoms. The average Bonchev–Trinajstić information content (AvgIpc) is 3.28. The Hall–Kier alpha value is -2.47. The van der Waals surface area contributed by atoms with Crippen LogP contribution in [0.3, 0.4) is 0 Å². The highest BCUT2D eigenvalue weighted by atomic mass is 19.4. The minimum atomic E-state index is -4.29. The standard InChI is InChI=1S/C22H23F3N2O/c1-28-19-8-9-21-20(12-19)16(13-26-21)11-18-3-2-10-27(18)14-15-4-6-17(7-5-15)22(23,24)25/h4-9,12-13,18,26H,2-3,10-11,14H2,1H3/t18-/m1/s1. The van der Waals surface area contributed by atoms with Gasteiger partial charge in [-0.25, -0.2) is 0 Å². The van der Waals surface area contributed by atoms with Gasteiger partial charge in [0.2, 0.25) is 0 Å². The molecule has 0 radical (unpaired) electrons. The molecule has 1 N–H and O–H groups in total. The molecule has 0 aliphatic carbocycles. The Morgan fingerprint density at radius 2 is 1.93 bits per heavy atom. The van der Waals surface area contributed by atoms with Gasteiger partial charge in [-0.2, -0.15) is 13.2 Å². The fourth-order valence-corrected chi connectivity index (χ4v) is 4.08. The van der Waals surface area contributed by atoms with Crippen LogP contribution in [0.4, 0.5) is 13.2 Å². The second-order valence-corrected chi connectivity index (χ2v) is 7.39. The van der Waals surface area contributed by atoms with Gasteiger partial charge >= 0.3 is 6.18 Å². The fraction of sp³-hybridized carbons (Fsp3) is 0.364. The SMILES string of the molecule is COc1ccc2[nH]cc(C[C@H]3CCCN3Cc3ccc(C(F)(F)F)cc3)c2c1. The zero-order valence-corrected chi connectivity index (χ0v) is 15.7. The van der Waals surface area contributed by atoms with Gasteiger partial charge in [0, 0.05) is 29.7 Å². The van der Waals surface area contributed by atoms with Crippen molar-refractivity contribution in [2.24, 2.45) is 0 Å². The highest BCUT2D eigenvalue weighted by molar-refractivity contribution is 5.84. The minimum Gasteiger partial charge on any atom is -0.497 e. The number of benzene rings is 2. The molecule has 1 aliphatic heterocycles. The van der Waals surface area contributed by atoms with Gasteiger partial charge in [-0.05, 0) is 67.3 Å². The number of hydrogen-bond acceptors (Lipinski definition) is 2. The van der Waals surface area contributed by atoms with Gasteiger partial charge < -0.3 is 9.72 Å². The second-order valence-electron chi connectivity index (χ2n) is 7.39. The maximum Gasteiger partial charge on any atom is 0.416 e. The average molecular weight is 388 g/mol. The molecule has 4 rings (SSSR count). The summed E-state index contributed by atoms with van der Waals surface area (Å²) in [6, 6.07) is 11.9. The van der Waals surface area contributed by atoms with Crippen molar-refractivity contribution in [3.8, 4) is 5.75 Å². The zero-order valence-electron chi connectivity index (χ0n) is 15.7. The number of rotatable bonds is 5. The van der Waals surface area contributed by atoms with Gasteiger partial charge in [0.25, 0.3) is 0 Å². The van der Waals surface area contributed by atoms with Gasteiger partial charge in [-0.1, -0.05) is 12.1 Å². The van der Waals surface area contributed by atoms with Crippen LogP contribution in [-0.4, -0.2) is 29.6 Å². The summed E-state index contributed by atoms with van der Waals surface area (Å²) in [6.07, 6.45) is 0.881. The molecular weight excluding hydrogens is 365 g/mol. The lowest BCUT2D eigenvalue weighted by Crippen LogP contribution is -2.30. The van der Waals surface area contributed by atoms with Crippen LogP contribution in [-0.2, 0) is 19.1 Å². The van der Waals surface area contributed by atoms with Crippen molar-refractivity contribution in [1.82, 2.24) is 9.88 Å². The number of nitrogens with zero attached hydrogens (tertiary/aromatic N) is 1. The molecule has 6 heteroatoms. The van der Waals surface area contributed by atoms with Crippen LogP contribution >= 0.6 is 0 Å². The number of halogens is 3. The molecule has 0 bridgehead atoms. The maximum absolute atomic E-state index is 12.8. The van der Waals surface area contributed by atoms with E-state index in [0.29, 0.717) is 12.6 Å². The number of nitrogens with one attached hydrogen (secondary N) is 1. The minimum absolute atomic E-state index is 0.382. The van der Waals surface area contributed by atoms with E-state index in [0.717, 1.165) is 42.6 Å². The first-order valence-corrected chi connectivity index (χ1v) is 9.48. The number of ether oxygens (including phenoxy) is 1. The fourth-order valence-electron chi connectivity index (χ4n) is 4.08. The summed E-state index contributed by atoms with van der Waals surface area (Å²) in [5, 5.41) is 1.17. The third-order valence-corrected chi connectivity index (χ3v) is 5.60. The normalized spacial score (nSPS) is 18.1. The number of likely N-dealkylation sites (tertiary alicyclic amines) is 1. The van der Waals surface area contributed by atoms with Crippen LogP contribution in [0.1, 0.15) is 29.5 Å². The molecule has 1 fully saturated rings. The van der Waals surface area contributed by atoms with E-state index >= 15 is 0 Å². The van der Waals surface area contributed by atoms with Crippen molar-refractivity contribution in [1.29, 1.82) is 0 Å². The molecule has 1 aliphatic rings. The Balaban J connectivity index is 1.48. The van der Waals surface area contributed by atoms with Gasteiger partial charge in [0.1, 0.15) is 5.75 Å². The molecule has 148 valence electrons. The monoisotopic (exact) mass is 388 g/mol. The van der Waals surface area contributed by atoms with E-state index < -0.39 is 11.7 Å². The highest BCUT2D eigenvalue weighted by Gasteiger charge is 2.30. The molecular formula is C22H23F3N2O. The summed E-state index contributed by atoms with van der Waals surface area (Å²) < 4.78 is 43.6. The van der Waals surface area contributed by atoms with Crippen molar-refractivity contribution in [2.75, 3.05) is 13.7 Å². The number of fused-ring (bicyclic) bond motifs is 1. The second kappa shape index (κ2) is 7.51. The molecule has 0 saturated carbocycles. The molecule has 1 saturated heterocycles. The Labute approximate surface area is 162 Å². The van der Waals surface area contributed by atoms with Gasteiger partial charge in [0.05, 0.1) is 12.7 Å². The van der Waals surface area contributed by atoms with Crippen molar-refractivity contribution >= 4 is 10.9 Å². The molecule has 0 unspecified atom stereocenters. The molecule has 2 heterocycles. The smallest absolute Gasteiger partial charge is 0.416 e. The summed E-state index contributed by atoms with van der Waals surface area (Å²) in [5.74, 6) is 0.835. The number of H-pyrrole nitrogens is 1. The molecule has 1 atom stereocenters. The summed E-state index contributed by atoms with van der Waals surface area (Å²) >= 11 is 0. The lowest BCUT2D eigenvalue weighted by Gasteiger charge is -2.24. The van der Waals surface area contributed by atoms with Crippen LogP contribution in [0, 0.1) is 0 Å². The summed E-state index contributed by atoms with van der Waals surface area (Å²) in [6.45, 7) is 1.64. The van der Waals surface area contributed by atoms with Crippen LogP contribution in [0.2, 0.25) is 0 Å². The first-order chi connectivity index (χ1) is 13.4. The first kappa shape index (κ1) is 18.9. The van der Waals surface area contributed by atoms with E-state index in [1.807, 2.05) is 12.1 Å². The Morgan fingerprint density at radius 1 is 1.14 bits per heavy atom. The van der Waals surface area contributed by atoms with Crippen molar-refractivity contribution < 1.29 is 17.9 Å². The number of aromatic amines is 1. The molecule has 2 aromatic carbocycles. The largest absolute Gasteiger partial charge is 0.497 e. The van der Waals surface area contributed by atoms with Crippen LogP contribution < -0.4 is 4.74 Å². The number of methoxy groups -OCH3 is 1.